The smallest absolute Gasteiger partial charge is 0.127 e. The van der Waals surface area contributed by atoms with Crippen molar-refractivity contribution in [3.05, 3.63) is 23.8 Å². The minimum Gasteiger partial charge on any atom is -0.508 e. The largest absolute Gasteiger partial charge is 0.508 e. The van der Waals surface area contributed by atoms with Crippen LogP contribution in [-0.2, 0) is 0 Å². The first kappa shape index (κ1) is 9.86. The Kier molecular flexibility index (Phi) is 3.14. The lowest BCUT2D eigenvalue weighted by Crippen LogP contribution is -2.09. The molecule has 0 saturated carbocycles. The Hall–Kier alpha value is -1.22. The monoisotopic (exact) mass is 181 g/mol. The normalized spacial score (nSPS) is 12.5. The number of phenolic OH excluding ortho intramolecular Hbond substituents is 1. The van der Waals surface area contributed by atoms with E-state index in [-0.39, 0.29) is 11.8 Å². The molecule has 3 nitrogen and oxygen atoms in total. The molecule has 1 atom stereocenters. The van der Waals surface area contributed by atoms with Gasteiger partial charge >= 0.3 is 0 Å². The third-order valence-corrected chi connectivity index (χ3v) is 2.06. The number of ether oxygens (including phenoxy) is 1. The summed E-state index contributed by atoms with van der Waals surface area (Å²) in [5.74, 6) is 0.846. The maximum Gasteiger partial charge on any atom is 0.127 e. The first-order valence-corrected chi connectivity index (χ1v) is 4.31. The van der Waals surface area contributed by atoms with Crippen LogP contribution < -0.4 is 10.5 Å². The van der Waals surface area contributed by atoms with Gasteiger partial charge in [-0.25, -0.2) is 0 Å². The molecule has 3 N–H and O–H groups in total. The van der Waals surface area contributed by atoms with E-state index >= 15 is 0 Å². The minimum atomic E-state index is -0.0319. The van der Waals surface area contributed by atoms with E-state index in [1.807, 2.05) is 6.92 Å². The molecule has 0 unspecified atom stereocenters. The average Bonchev–Trinajstić information content (AvgIpc) is 2.16. The summed E-state index contributed by atoms with van der Waals surface area (Å²) >= 11 is 0. The molecule has 0 aromatic heterocycles. The molecule has 0 saturated heterocycles. The first-order chi connectivity index (χ1) is 6.19. The maximum absolute atomic E-state index is 9.20. The summed E-state index contributed by atoms with van der Waals surface area (Å²) in [5.41, 5.74) is 6.79. The van der Waals surface area contributed by atoms with Crippen molar-refractivity contribution in [2.45, 2.75) is 19.4 Å². The summed E-state index contributed by atoms with van der Waals surface area (Å²) in [7, 11) is 1.57. The fourth-order valence-electron chi connectivity index (χ4n) is 1.23. The van der Waals surface area contributed by atoms with Crippen LogP contribution in [0.5, 0.6) is 11.5 Å². The van der Waals surface area contributed by atoms with E-state index in [0.29, 0.717) is 5.75 Å². The van der Waals surface area contributed by atoms with E-state index in [4.69, 9.17) is 10.5 Å². The molecule has 0 radical (unpaired) electrons. The van der Waals surface area contributed by atoms with Crippen LogP contribution in [0, 0.1) is 0 Å². The zero-order valence-electron chi connectivity index (χ0n) is 7.95. The van der Waals surface area contributed by atoms with Crippen LogP contribution in [0.3, 0.4) is 0 Å². The van der Waals surface area contributed by atoms with Crippen molar-refractivity contribution in [2.24, 2.45) is 5.73 Å². The third-order valence-electron chi connectivity index (χ3n) is 2.06. The van der Waals surface area contributed by atoms with Crippen molar-refractivity contribution in [2.75, 3.05) is 7.11 Å². The molecule has 1 aromatic rings. The molecule has 0 bridgehead atoms. The predicted molar refractivity (Wildman–Crippen MR) is 51.9 cm³/mol. The van der Waals surface area contributed by atoms with Gasteiger partial charge in [-0.05, 0) is 12.5 Å². The molecule has 13 heavy (non-hydrogen) atoms. The summed E-state index contributed by atoms with van der Waals surface area (Å²) in [6, 6.07) is 4.95. The van der Waals surface area contributed by atoms with Gasteiger partial charge in [0.1, 0.15) is 11.5 Å². The first-order valence-electron chi connectivity index (χ1n) is 4.31. The van der Waals surface area contributed by atoms with Gasteiger partial charge in [0.2, 0.25) is 0 Å². The number of aromatic hydroxyl groups is 1. The van der Waals surface area contributed by atoms with Gasteiger partial charge in [0.15, 0.2) is 0 Å². The van der Waals surface area contributed by atoms with Gasteiger partial charge in [-0.15, -0.1) is 0 Å². The van der Waals surface area contributed by atoms with E-state index in [1.165, 1.54) is 0 Å². The van der Waals surface area contributed by atoms with Crippen molar-refractivity contribution < 1.29 is 9.84 Å². The Morgan fingerprint density at radius 2 is 2.23 bits per heavy atom. The fourth-order valence-corrected chi connectivity index (χ4v) is 1.23. The van der Waals surface area contributed by atoms with Gasteiger partial charge < -0.3 is 15.6 Å². The molecule has 0 amide bonds. The Morgan fingerprint density at radius 1 is 1.54 bits per heavy atom. The minimum absolute atomic E-state index is 0.0319. The molecule has 0 heterocycles. The Balaban J connectivity index is 3.05. The van der Waals surface area contributed by atoms with Crippen molar-refractivity contribution in [3.8, 4) is 11.5 Å². The number of benzene rings is 1. The van der Waals surface area contributed by atoms with E-state index in [0.717, 1.165) is 12.0 Å². The Labute approximate surface area is 78.1 Å². The second kappa shape index (κ2) is 4.14. The molecule has 0 aliphatic carbocycles. The number of hydrogen-bond donors (Lipinski definition) is 2. The van der Waals surface area contributed by atoms with Gasteiger partial charge in [-0.1, -0.05) is 13.0 Å². The lowest BCUT2D eigenvalue weighted by Gasteiger charge is -2.13. The van der Waals surface area contributed by atoms with Crippen LogP contribution in [-0.4, -0.2) is 12.2 Å². The standard InChI is InChI=1S/C10H15NO2/c1-3-9(11)8-5-4-7(12)6-10(8)13-2/h4-6,9,12H,3,11H2,1-2H3/t9-/m0/s1. The molecule has 1 aromatic carbocycles. The van der Waals surface area contributed by atoms with Crippen molar-refractivity contribution in [3.63, 3.8) is 0 Å². The predicted octanol–water partition coefficient (Wildman–Crippen LogP) is 1.81. The summed E-state index contributed by atoms with van der Waals surface area (Å²) in [6.07, 6.45) is 0.848. The highest BCUT2D eigenvalue weighted by Crippen LogP contribution is 2.28. The zero-order chi connectivity index (χ0) is 9.84. The maximum atomic E-state index is 9.20. The van der Waals surface area contributed by atoms with Crippen LogP contribution in [0.2, 0.25) is 0 Å². The van der Waals surface area contributed by atoms with E-state index in [9.17, 15) is 5.11 Å². The SMILES string of the molecule is CC[C@H](N)c1ccc(O)cc1OC. The molecule has 72 valence electrons. The highest BCUT2D eigenvalue weighted by atomic mass is 16.5. The topological polar surface area (TPSA) is 55.5 Å². The lowest BCUT2D eigenvalue weighted by atomic mass is 10.0. The number of nitrogens with two attached hydrogens (primary N) is 1. The molecular weight excluding hydrogens is 166 g/mol. The highest BCUT2D eigenvalue weighted by molar-refractivity contribution is 5.41. The summed E-state index contributed by atoms with van der Waals surface area (Å²) in [6.45, 7) is 2.01. The lowest BCUT2D eigenvalue weighted by molar-refractivity contribution is 0.398. The number of hydrogen-bond acceptors (Lipinski definition) is 3. The summed E-state index contributed by atoms with van der Waals surface area (Å²) in [5, 5.41) is 9.20. The average molecular weight is 181 g/mol. The number of phenols is 1. The van der Waals surface area contributed by atoms with Crippen LogP contribution >= 0.6 is 0 Å². The second-order valence-electron chi connectivity index (χ2n) is 2.94. The molecule has 0 aliphatic rings. The number of methoxy groups -OCH3 is 1. The van der Waals surface area contributed by atoms with Gasteiger partial charge in [0.25, 0.3) is 0 Å². The van der Waals surface area contributed by atoms with Gasteiger partial charge in [0.05, 0.1) is 7.11 Å². The molecular formula is C10H15NO2. The third kappa shape index (κ3) is 2.12. The van der Waals surface area contributed by atoms with Gasteiger partial charge in [-0.3, -0.25) is 0 Å². The van der Waals surface area contributed by atoms with Crippen molar-refractivity contribution >= 4 is 0 Å². The van der Waals surface area contributed by atoms with Crippen LogP contribution in [0.15, 0.2) is 18.2 Å². The summed E-state index contributed by atoms with van der Waals surface area (Å²) < 4.78 is 5.11. The summed E-state index contributed by atoms with van der Waals surface area (Å²) in [4.78, 5) is 0. The van der Waals surface area contributed by atoms with Crippen molar-refractivity contribution in [1.82, 2.24) is 0 Å². The van der Waals surface area contributed by atoms with Gasteiger partial charge in [0, 0.05) is 17.7 Å². The molecule has 3 heteroatoms. The zero-order valence-corrected chi connectivity index (χ0v) is 7.95. The van der Waals surface area contributed by atoms with Crippen LogP contribution in [0.4, 0.5) is 0 Å². The quantitative estimate of drug-likeness (QED) is 0.747. The molecule has 0 spiro atoms. The Bertz CT molecular complexity index is 286. The Morgan fingerprint density at radius 3 is 2.77 bits per heavy atom. The molecule has 0 fully saturated rings. The molecule has 0 aliphatic heterocycles. The van der Waals surface area contributed by atoms with Crippen LogP contribution in [0.25, 0.3) is 0 Å². The van der Waals surface area contributed by atoms with E-state index in [1.54, 1.807) is 25.3 Å². The number of rotatable bonds is 3. The highest BCUT2D eigenvalue weighted by Gasteiger charge is 2.09. The fraction of sp³-hybridized carbons (Fsp3) is 0.400. The van der Waals surface area contributed by atoms with Crippen molar-refractivity contribution in [1.29, 1.82) is 0 Å². The van der Waals surface area contributed by atoms with Gasteiger partial charge in [-0.2, -0.15) is 0 Å². The van der Waals surface area contributed by atoms with Crippen LogP contribution in [0.1, 0.15) is 24.9 Å². The molecule has 1 rings (SSSR count). The van der Waals surface area contributed by atoms with E-state index in [2.05, 4.69) is 0 Å². The van der Waals surface area contributed by atoms with E-state index < -0.39 is 0 Å². The second-order valence-corrected chi connectivity index (χ2v) is 2.94.